The number of aromatic nitrogens is 2. The molecule has 0 amide bonds. The van der Waals surface area contributed by atoms with Crippen LogP contribution in [0.5, 0.6) is 17.2 Å². The van der Waals surface area contributed by atoms with Crippen molar-refractivity contribution in [3.05, 3.63) is 46.5 Å². The number of nitro benzene ring substituents is 1. The summed E-state index contributed by atoms with van der Waals surface area (Å²) in [4.78, 5) is 10.4. The van der Waals surface area contributed by atoms with E-state index in [0.29, 0.717) is 17.2 Å². The van der Waals surface area contributed by atoms with Crippen molar-refractivity contribution in [1.29, 1.82) is 0 Å². The van der Waals surface area contributed by atoms with Crippen molar-refractivity contribution in [2.45, 2.75) is 0 Å². The third kappa shape index (κ3) is 2.22. The van der Waals surface area contributed by atoms with Crippen LogP contribution in [0.3, 0.4) is 0 Å². The second kappa shape index (κ2) is 5.08. The van der Waals surface area contributed by atoms with Gasteiger partial charge in [-0.25, -0.2) is 4.63 Å². The number of hydrogen-bond donors (Lipinski definition) is 0. The number of methoxy groups -OCH3 is 1. The zero-order valence-corrected chi connectivity index (χ0v) is 10.8. The van der Waals surface area contributed by atoms with Gasteiger partial charge in [0.05, 0.1) is 12.0 Å². The lowest BCUT2D eigenvalue weighted by Crippen LogP contribution is -1.93. The molecule has 8 heteroatoms. The van der Waals surface area contributed by atoms with E-state index in [1.165, 1.54) is 19.2 Å². The summed E-state index contributed by atoms with van der Waals surface area (Å²) in [7, 11) is 1.52. The van der Waals surface area contributed by atoms with Gasteiger partial charge in [0, 0.05) is 6.07 Å². The third-order valence-electron chi connectivity index (χ3n) is 2.84. The largest absolute Gasteiger partial charge is 0.493 e. The first-order chi connectivity index (χ1) is 10.2. The summed E-state index contributed by atoms with van der Waals surface area (Å²) in [6.45, 7) is 0. The van der Waals surface area contributed by atoms with Crippen molar-refractivity contribution < 1.29 is 19.0 Å². The molecule has 0 spiro atoms. The molecule has 0 atom stereocenters. The maximum absolute atomic E-state index is 10.9. The van der Waals surface area contributed by atoms with Gasteiger partial charge in [0.25, 0.3) is 0 Å². The summed E-state index contributed by atoms with van der Waals surface area (Å²) in [6.07, 6.45) is 0. The summed E-state index contributed by atoms with van der Waals surface area (Å²) in [5, 5.41) is 18.1. The lowest BCUT2D eigenvalue weighted by atomic mass is 10.2. The average Bonchev–Trinajstić information content (AvgIpc) is 2.97. The molecule has 8 nitrogen and oxygen atoms in total. The van der Waals surface area contributed by atoms with E-state index < -0.39 is 4.92 Å². The second-order valence-corrected chi connectivity index (χ2v) is 4.05. The highest BCUT2D eigenvalue weighted by Crippen LogP contribution is 2.36. The van der Waals surface area contributed by atoms with Crippen LogP contribution in [-0.4, -0.2) is 22.3 Å². The lowest BCUT2D eigenvalue weighted by molar-refractivity contribution is -0.383. The van der Waals surface area contributed by atoms with Gasteiger partial charge in [-0.2, -0.15) is 0 Å². The summed E-state index contributed by atoms with van der Waals surface area (Å²) in [5.41, 5.74) is 0.0149. The maximum atomic E-state index is 10.9. The molecule has 1 aromatic heterocycles. The minimum absolute atomic E-state index is 0.0346. The van der Waals surface area contributed by atoms with E-state index >= 15 is 0 Å². The number of rotatable bonds is 4. The Bertz CT molecular complexity index is 814. The molecule has 0 aliphatic carbocycles. The second-order valence-electron chi connectivity index (χ2n) is 4.05. The summed E-state index contributed by atoms with van der Waals surface area (Å²) in [6, 6.07) is 9.75. The van der Waals surface area contributed by atoms with Crippen LogP contribution in [0.25, 0.3) is 11.0 Å². The van der Waals surface area contributed by atoms with Crippen LogP contribution in [0, 0.1) is 10.1 Å². The Labute approximate surface area is 118 Å². The van der Waals surface area contributed by atoms with E-state index in [4.69, 9.17) is 9.47 Å². The highest BCUT2D eigenvalue weighted by molar-refractivity contribution is 5.88. The van der Waals surface area contributed by atoms with Crippen molar-refractivity contribution in [2.75, 3.05) is 7.11 Å². The van der Waals surface area contributed by atoms with Crippen LogP contribution >= 0.6 is 0 Å². The monoisotopic (exact) mass is 287 g/mol. The number of hydrogen-bond acceptors (Lipinski definition) is 7. The highest BCUT2D eigenvalue weighted by atomic mass is 16.6. The van der Waals surface area contributed by atoms with Gasteiger partial charge in [0.1, 0.15) is 0 Å². The van der Waals surface area contributed by atoms with Gasteiger partial charge in [0.15, 0.2) is 22.8 Å². The first kappa shape index (κ1) is 12.9. The van der Waals surface area contributed by atoms with Crippen LogP contribution in [0.15, 0.2) is 41.0 Å². The molecule has 0 aliphatic rings. The Balaban J connectivity index is 2.08. The number of ether oxygens (including phenoxy) is 2. The molecule has 2 aromatic carbocycles. The van der Waals surface area contributed by atoms with Gasteiger partial charge in [-0.1, -0.05) is 12.1 Å². The minimum atomic E-state index is -0.556. The Morgan fingerprint density at radius 2 is 1.76 bits per heavy atom. The van der Waals surface area contributed by atoms with E-state index in [1.807, 2.05) is 0 Å². The molecule has 3 aromatic rings. The van der Waals surface area contributed by atoms with Crippen molar-refractivity contribution in [3.8, 4) is 17.2 Å². The van der Waals surface area contributed by atoms with Gasteiger partial charge in [-0.05, 0) is 28.5 Å². The molecule has 0 fully saturated rings. The lowest BCUT2D eigenvalue weighted by Gasteiger charge is -2.09. The molecule has 0 N–H and O–H groups in total. The number of nitro groups is 1. The Kier molecular flexibility index (Phi) is 3.11. The normalized spacial score (nSPS) is 10.5. The van der Waals surface area contributed by atoms with Gasteiger partial charge in [-0.3, -0.25) is 10.1 Å². The topological polar surface area (TPSA) is 101 Å². The van der Waals surface area contributed by atoms with Gasteiger partial charge in [-0.15, -0.1) is 0 Å². The maximum Gasteiger partial charge on any atom is 0.301 e. The predicted molar refractivity (Wildman–Crippen MR) is 71.5 cm³/mol. The van der Waals surface area contributed by atoms with Gasteiger partial charge < -0.3 is 9.47 Å². The SMILES string of the molecule is COc1ccccc1Oc1ccc([N+](=O)[O-])c2nonc12. The molecule has 0 saturated carbocycles. The van der Waals surface area contributed by atoms with Crippen LogP contribution < -0.4 is 9.47 Å². The Morgan fingerprint density at radius 1 is 1.05 bits per heavy atom. The van der Waals surface area contributed by atoms with E-state index in [9.17, 15) is 10.1 Å². The molecular weight excluding hydrogens is 278 g/mol. The van der Waals surface area contributed by atoms with E-state index in [1.54, 1.807) is 24.3 Å². The minimum Gasteiger partial charge on any atom is -0.493 e. The van der Waals surface area contributed by atoms with E-state index in [2.05, 4.69) is 14.9 Å². The molecule has 0 radical (unpaired) electrons. The molecule has 0 unspecified atom stereocenters. The van der Waals surface area contributed by atoms with Crippen LogP contribution in [0.1, 0.15) is 0 Å². The van der Waals surface area contributed by atoms with Gasteiger partial charge in [0.2, 0.25) is 5.52 Å². The fourth-order valence-corrected chi connectivity index (χ4v) is 1.88. The summed E-state index contributed by atoms with van der Waals surface area (Å²) in [5.74, 6) is 1.28. The number of fused-ring (bicyclic) bond motifs is 1. The molecule has 0 aliphatic heterocycles. The molecule has 106 valence electrons. The molecule has 21 heavy (non-hydrogen) atoms. The number of nitrogens with zero attached hydrogens (tertiary/aromatic N) is 3. The molecule has 0 saturated heterocycles. The standard InChI is InChI=1S/C13H9N3O5/c1-19-9-4-2-3-5-10(9)20-11-7-6-8(16(17)18)12-13(11)15-21-14-12/h2-7H,1H3. The molecule has 1 heterocycles. The molecule has 3 rings (SSSR count). The first-order valence-electron chi connectivity index (χ1n) is 5.91. The van der Waals surface area contributed by atoms with Crippen LogP contribution in [0.4, 0.5) is 5.69 Å². The average molecular weight is 287 g/mol. The van der Waals surface area contributed by atoms with Crippen molar-refractivity contribution in [2.24, 2.45) is 0 Å². The number of non-ortho nitro benzene ring substituents is 1. The van der Waals surface area contributed by atoms with Crippen LogP contribution in [-0.2, 0) is 0 Å². The van der Waals surface area contributed by atoms with Crippen LogP contribution in [0.2, 0.25) is 0 Å². The number of para-hydroxylation sites is 2. The molecular formula is C13H9N3O5. The highest BCUT2D eigenvalue weighted by Gasteiger charge is 2.21. The predicted octanol–water partition coefficient (Wildman–Crippen LogP) is 2.93. The molecule has 0 bridgehead atoms. The Morgan fingerprint density at radius 3 is 2.48 bits per heavy atom. The van der Waals surface area contributed by atoms with Crippen molar-refractivity contribution in [3.63, 3.8) is 0 Å². The fraction of sp³-hybridized carbons (Fsp3) is 0.0769. The van der Waals surface area contributed by atoms with E-state index in [0.717, 1.165) is 0 Å². The van der Waals surface area contributed by atoms with Crippen molar-refractivity contribution >= 4 is 16.7 Å². The zero-order chi connectivity index (χ0) is 14.8. The Hall–Kier alpha value is -3.16. The zero-order valence-electron chi connectivity index (χ0n) is 10.8. The quantitative estimate of drug-likeness (QED) is 0.537. The van der Waals surface area contributed by atoms with E-state index in [-0.39, 0.29) is 16.7 Å². The fourth-order valence-electron chi connectivity index (χ4n) is 1.88. The summed E-state index contributed by atoms with van der Waals surface area (Å²) < 4.78 is 15.5. The smallest absolute Gasteiger partial charge is 0.301 e. The number of benzene rings is 2. The third-order valence-corrected chi connectivity index (χ3v) is 2.84. The summed E-state index contributed by atoms with van der Waals surface area (Å²) >= 11 is 0. The first-order valence-corrected chi connectivity index (χ1v) is 5.91. The van der Waals surface area contributed by atoms with Crippen molar-refractivity contribution in [1.82, 2.24) is 10.3 Å². The van der Waals surface area contributed by atoms with Gasteiger partial charge >= 0.3 is 5.69 Å².